The van der Waals surface area contributed by atoms with E-state index in [4.69, 9.17) is 10.2 Å². The Morgan fingerprint density at radius 1 is 0.900 bits per heavy atom. The highest BCUT2D eigenvalue weighted by Crippen LogP contribution is 2.35. The molecule has 0 heterocycles. The van der Waals surface area contributed by atoms with E-state index in [2.05, 4.69) is 0 Å². The van der Waals surface area contributed by atoms with Crippen LogP contribution in [0.5, 0.6) is 0 Å². The molecule has 9 heteroatoms. The first-order chi connectivity index (χ1) is 9.04. The largest absolute Gasteiger partial charge is 0.481 e. The molecular formula is C11H7F5O4. The summed E-state index contributed by atoms with van der Waals surface area (Å²) in [5.41, 5.74) is -4.50. The predicted molar refractivity (Wildman–Crippen MR) is 53.5 cm³/mol. The summed E-state index contributed by atoms with van der Waals surface area (Å²) >= 11 is 0. The van der Waals surface area contributed by atoms with Gasteiger partial charge in [0.1, 0.15) is 5.41 Å². The van der Waals surface area contributed by atoms with E-state index in [1.54, 1.807) is 0 Å². The van der Waals surface area contributed by atoms with Crippen LogP contribution in [-0.2, 0) is 15.0 Å². The number of carboxylic acids is 2. The number of halogens is 5. The lowest BCUT2D eigenvalue weighted by atomic mass is 9.78. The molecule has 1 rings (SSSR count). The molecule has 0 spiro atoms. The summed E-state index contributed by atoms with van der Waals surface area (Å²) in [6, 6.07) is 0. The van der Waals surface area contributed by atoms with Gasteiger partial charge >= 0.3 is 11.9 Å². The monoisotopic (exact) mass is 298 g/mol. The lowest BCUT2D eigenvalue weighted by Gasteiger charge is -2.24. The lowest BCUT2D eigenvalue weighted by Crippen LogP contribution is -2.37. The molecule has 2 N–H and O–H groups in total. The fraction of sp³-hybridized carbons (Fsp3) is 0.273. The van der Waals surface area contributed by atoms with Gasteiger partial charge in [0.05, 0.1) is 6.42 Å². The standard InChI is InChI=1S/C11H7F5O4/c1-11(10(19)20,2-3(17)18)4-5(12)7(14)9(16)8(15)6(4)13/h2H2,1H3,(H,17,18)(H,19,20). The zero-order valence-corrected chi connectivity index (χ0v) is 9.81. The zero-order valence-electron chi connectivity index (χ0n) is 9.81. The Kier molecular flexibility index (Phi) is 4.02. The average Bonchev–Trinajstić information content (AvgIpc) is 2.33. The summed E-state index contributed by atoms with van der Waals surface area (Å²) in [6.07, 6.45) is -1.36. The normalized spacial score (nSPS) is 13.9. The molecule has 0 aliphatic rings. The highest BCUT2D eigenvalue weighted by atomic mass is 19.2. The van der Waals surface area contributed by atoms with Gasteiger partial charge in [0, 0.05) is 5.56 Å². The Bertz CT molecular complexity index is 572. The molecule has 0 aliphatic carbocycles. The first kappa shape index (κ1) is 15.9. The molecule has 0 radical (unpaired) electrons. The first-order valence-corrected chi connectivity index (χ1v) is 5.01. The van der Waals surface area contributed by atoms with Crippen LogP contribution in [0, 0.1) is 29.1 Å². The van der Waals surface area contributed by atoms with Gasteiger partial charge in [-0.1, -0.05) is 0 Å². The molecular weight excluding hydrogens is 291 g/mol. The third-order valence-electron chi connectivity index (χ3n) is 2.74. The molecule has 0 amide bonds. The molecule has 1 atom stereocenters. The minimum atomic E-state index is -2.81. The van der Waals surface area contributed by atoms with Gasteiger partial charge in [-0.05, 0) is 6.92 Å². The molecule has 0 bridgehead atoms. The van der Waals surface area contributed by atoms with Crippen molar-refractivity contribution < 1.29 is 41.8 Å². The number of rotatable bonds is 4. The van der Waals surface area contributed by atoms with Crippen molar-refractivity contribution in [2.45, 2.75) is 18.8 Å². The van der Waals surface area contributed by atoms with Crippen molar-refractivity contribution in [2.75, 3.05) is 0 Å². The average molecular weight is 298 g/mol. The lowest BCUT2D eigenvalue weighted by molar-refractivity contribution is -0.150. The third-order valence-corrected chi connectivity index (χ3v) is 2.74. The second kappa shape index (κ2) is 5.06. The molecule has 0 saturated carbocycles. The van der Waals surface area contributed by atoms with Crippen LogP contribution >= 0.6 is 0 Å². The smallest absolute Gasteiger partial charge is 0.314 e. The molecule has 0 aliphatic heterocycles. The Morgan fingerprint density at radius 3 is 1.55 bits per heavy atom. The minimum absolute atomic E-state index is 0.557. The second-order valence-corrected chi connectivity index (χ2v) is 4.15. The van der Waals surface area contributed by atoms with Crippen molar-refractivity contribution in [2.24, 2.45) is 0 Å². The van der Waals surface area contributed by atoms with E-state index in [9.17, 15) is 31.5 Å². The summed E-state index contributed by atoms with van der Waals surface area (Å²) in [5, 5.41) is 17.5. The number of hydrogen-bond donors (Lipinski definition) is 2. The Balaban J connectivity index is 3.74. The van der Waals surface area contributed by atoms with Crippen LogP contribution in [0.15, 0.2) is 0 Å². The van der Waals surface area contributed by atoms with Gasteiger partial charge in [-0.25, -0.2) is 22.0 Å². The third kappa shape index (κ3) is 2.30. The van der Waals surface area contributed by atoms with Crippen molar-refractivity contribution in [3.8, 4) is 0 Å². The molecule has 110 valence electrons. The van der Waals surface area contributed by atoms with Crippen LogP contribution in [-0.4, -0.2) is 22.2 Å². The molecule has 1 aromatic carbocycles. The van der Waals surface area contributed by atoms with Crippen LogP contribution in [0.25, 0.3) is 0 Å². The van der Waals surface area contributed by atoms with Gasteiger partial charge in [0.15, 0.2) is 23.3 Å². The van der Waals surface area contributed by atoms with E-state index in [1.807, 2.05) is 0 Å². The fourth-order valence-electron chi connectivity index (χ4n) is 1.66. The van der Waals surface area contributed by atoms with Gasteiger partial charge < -0.3 is 10.2 Å². The summed E-state index contributed by atoms with van der Waals surface area (Å²) in [6.45, 7) is 0.557. The number of carbonyl (C=O) groups is 2. The van der Waals surface area contributed by atoms with E-state index in [0.29, 0.717) is 6.92 Å². The highest BCUT2D eigenvalue weighted by molar-refractivity contribution is 5.86. The van der Waals surface area contributed by atoms with Crippen molar-refractivity contribution in [1.29, 1.82) is 0 Å². The summed E-state index contributed by atoms with van der Waals surface area (Å²) < 4.78 is 66.0. The van der Waals surface area contributed by atoms with Crippen molar-refractivity contribution >= 4 is 11.9 Å². The molecule has 20 heavy (non-hydrogen) atoms. The molecule has 0 fully saturated rings. The van der Waals surface area contributed by atoms with Crippen LogP contribution in [0.4, 0.5) is 22.0 Å². The van der Waals surface area contributed by atoms with Gasteiger partial charge in [-0.2, -0.15) is 0 Å². The maximum absolute atomic E-state index is 13.5. The molecule has 4 nitrogen and oxygen atoms in total. The van der Waals surface area contributed by atoms with Gasteiger partial charge in [0.2, 0.25) is 5.82 Å². The van der Waals surface area contributed by atoms with Crippen LogP contribution in [0.3, 0.4) is 0 Å². The van der Waals surface area contributed by atoms with E-state index in [0.717, 1.165) is 0 Å². The fourth-order valence-corrected chi connectivity index (χ4v) is 1.66. The quantitative estimate of drug-likeness (QED) is 0.507. The van der Waals surface area contributed by atoms with E-state index in [-0.39, 0.29) is 0 Å². The highest BCUT2D eigenvalue weighted by Gasteiger charge is 2.45. The number of hydrogen-bond acceptors (Lipinski definition) is 2. The van der Waals surface area contributed by atoms with Gasteiger partial charge in [0.25, 0.3) is 0 Å². The Hall–Kier alpha value is -2.19. The van der Waals surface area contributed by atoms with Gasteiger partial charge in [-0.15, -0.1) is 0 Å². The van der Waals surface area contributed by atoms with Crippen LogP contribution in [0.2, 0.25) is 0 Å². The maximum atomic E-state index is 13.5. The first-order valence-electron chi connectivity index (χ1n) is 5.01. The molecule has 0 saturated heterocycles. The second-order valence-electron chi connectivity index (χ2n) is 4.15. The summed E-state index contributed by atoms with van der Waals surface area (Å²) in [7, 11) is 0. The van der Waals surface area contributed by atoms with Crippen LogP contribution in [0.1, 0.15) is 18.9 Å². The summed E-state index contributed by atoms with van der Waals surface area (Å²) in [4.78, 5) is 21.6. The van der Waals surface area contributed by atoms with E-state index >= 15 is 0 Å². The minimum Gasteiger partial charge on any atom is -0.481 e. The zero-order chi connectivity index (χ0) is 15.8. The number of carboxylic acid groups (broad SMARTS) is 2. The van der Waals surface area contributed by atoms with E-state index in [1.165, 1.54) is 0 Å². The summed E-state index contributed by atoms with van der Waals surface area (Å²) in [5.74, 6) is -15.7. The van der Waals surface area contributed by atoms with Crippen molar-refractivity contribution in [1.82, 2.24) is 0 Å². The van der Waals surface area contributed by atoms with Crippen LogP contribution < -0.4 is 0 Å². The molecule has 1 aromatic rings. The molecule has 0 aromatic heterocycles. The predicted octanol–water partition coefficient (Wildman–Crippen LogP) is 2.20. The molecule has 1 unspecified atom stereocenters. The van der Waals surface area contributed by atoms with Crippen molar-refractivity contribution in [3.63, 3.8) is 0 Å². The van der Waals surface area contributed by atoms with Gasteiger partial charge in [-0.3, -0.25) is 9.59 Å². The SMILES string of the molecule is CC(CC(=O)O)(C(=O)O)c1c(F)c(F)c(F)c(F)c1F. The van der Waals surface area contributed by atoms with Crippen molar-refractivity contribution in [3.05, 3.63) is 34.6 Å². The topological polar surface area (TPSA) is 74.6 Å². The maximum Gasteiger partial charge on any atom is 0.314 e. The number of aliphatic carboxylic acids is 2. The Labute approximate surface area is 108 Å². The number of benzene rings is 1. The Morgan fingerprint density at radius 2 is 1.25 bits per heavy atom. The van der Waals surface area contributed by atoms with E-state index < -0.39 is 58.4 Å².